The van der Waals surface area contributed by atoms with Gasteiger partial charge in [-0.3, -0.25) is 0 Å². The zero-order valence-electron chi connectivity index (χ0n) is 11.5. The number of fused-ring (bicyclic) bond motifs is 1. The highest BCUT2D eigenvalue weighted by atomic mass is 16.5. The lowest BCUT2D eigenvalue weighted by molar-refractivity contribution is 0.272. The van der Waals surface area contributed by atoms with Gasteiger partial charge in [0.15, 0.2) is 0 Å². The Labute approximate surface area is 104 Å². The first-order valence-electron chi connectivity index (χ1n) is 6.20. The van der Waals surface area contributed by atoms with Gasteiger partial charge in [0.2, 0.25) is 6.61 Å². The molecule has 0 aliphatic rings. The summed E-state index contributed by atoms with van der Waals surface area (Å²) in [5.41, 5.74) is 2.10. The zero-order chi connectivity index (χ0) is 13.1. The maximum atomic E-state index is 8.13. The van der Waals surface area contributed by atoms with Crippen molar-refractivity contribution in [2.24, 2.45) is 0 Å². The van der Waals surface area contributed by atoms with Crippen molar-refractivity contribution in [1.29, 1.82) is 0 Å². The van der Waals surface area contributed by atoms with E-state index in [2.05, 4.69) is 23.1 Å². The van der Waals surface area contributed by atoms with Crippen LogP contribution in [0.3, 0.4) is 0 Å². The fourth-order valence-electron chi connectivity index (χ4n) is 2.00. The Morgan fingerprint density at radius 3 is 2.59 bits per heavy atom. The van der Waals surface area contributed by atoms with Crippen LogP contribution in [0.4, 0.5) is 5.69 Å². The van der Waals surface area contributed by atoms with Crippen LogP contribution in [0.2, 0.25) is 0 Å². The molecule has 0 aliphatic heterocycles. The van der Waals surface area contributed by atoms with Gasteiger partial charge in [0, 0.05) is 30.7 Å². The Balaban J connectivity index is 2.65. The summed E-state index contributed by atoms with van der Waals surface area (Å²) < 4.78 is 13.1. The largest absolute Gasteiger partial charge is 0.377 e. The van der Waals surface area contributed by atoms with E-state index in [9.17, 15) is 0 Å². The van der Waals surface area contributed by atoms with Crippen molar-refractivity contribution in [1.82, 2.24) is 0 Å². The third-order valence-corrected chi connectivity index (χ3v) is 2.78. The summed E-state index contributed by atoms with van der Waals surface area (Å²) in [4.78, 5) is 2.07. The molecular weight excluding hydrogens is 210 g/mol. The van der Waals surface area contributed by atoms with Crippen LogP contribution in [-0.4, -0.2) is 21.2 Å². The zero-order valence-corrected chi connectivity index (χ0v) is 10.5. The van der Waals surface area contributed by atoms with Gasteiger partial charge in [-0.2, -0.15) is 4.74 Å². The second-order valence-corrected chi connectivity index (χ2v) is 4.16. The molecule has 0 N–H and O–H groups in total. The molecule has 2 nitrogen and oxygen atoms in total. The summed E-state index contributed by atoms with van der Waals surface area (Å²) in [6.45, 7) is 1.54. The van der Waals surface area contributed by atoms with Crippen LogP contribution in [0.1, 0.15) is 6.93 Å². The molecule has 0 saturated heterocycles. The van der Waals surface area contributed by atoms with Gasteiger partial charge in [-0.15, -0.1) is 0 Å². The van der Waals surface area contributed by atoms with Crippen LogP contribution in [-0.2, 0) is 11.1 Å². The third-order valence-electron chi connectivity index (χ3n) is 2.78. The molecule has 0 aromatic heterocycles. The van der Waals surface area contributed by atoms with Gasteiger partial charge in [-0.1, -0.05) is 30.3 Å². The van der Waals surface area contributed by atoms with E-state index in [-0.39, 0.29) is 0 Å². The molecule has 88 valence electrons. The molecule has 0 fully saturated rings. The third kappa shape index (κ3) is 2.37. The van der Waals surface area contributed by atoms with E-state index < -0.39 is 6.40 Å². The summed E-state index contributed by atoms with van der Waals surface area (Å²) in [6.07, 6.45) is -0.472. The Bertz CT molecular complexity index is 534. The van der Waals surface area contributed by atoms with Crippen LogP contribution in [0.15, 0.2) is 36.4 Å². The fourth-order valence-corrected chi connectivity index (χ4v) is 2.00. The molecule has 17 heavy (non-hydrogen) atoms. The molecular formula is C15H18NO+. The van der Waals surface area contributed by atoms with Crippen molar-refractivity contribution in [3.05, 3.63) is 48.6 Å². The van der Waals surface area contributed by atoms with E-state index >= 15 is 0 Å². The molecule has 2 aromatic rings. The van der Waals surface area contributed by atoms with Crippen LogP contribution in [0.5, 0.6) is 0 Å². The molecule has 0 heterocycles. The smallest absolute Gasteiger partial charge is 0.231 e. The van der Waals surface area contributed by atoms with Gasteiger partial charge in [0.1, 0.15) is 6.40 Å². The highest BCUT2D eigenvalue weighted by molar-refractivity contribution is 5.96. The molecule has 0 amide bonds. The summed E-state index contributed by atoms with van der Waals surface area (Å²) in [6, 6.07) is 12.2. The molecule has 0 aliphatic carbocycles. The highest BCUT2D eigenvalue weighted by Gasteiger charge is 2.10. The Kier molecular flexibility index (Phi) is 3.15. The molecule has 0 spiro atoms. The number of benzene rings is 2. The van der Waals surface area contributed by atoms with Gasteiger partial charge in [0.25, 0.3) is 0 Å². The second-order valence-electron chi connectivity index (χ2n) is 4.16. The van der Waals surface area contributed by atoms with E-state index in [4.69, 9.17) is 6.11 Å². The highest BCUT2D eigenvalue weighted by Crippen LogP contribution is 2.29. The fraction of sp³-hybridized carbons (Fsp3) is 0.267. The minimum atomic E-state index is -0.472. The van der Waals surface area contributed by atoms with E-state index in [1.165, 1.54) is 0 Å². The van der Waals surface area contributed by atoms with Crippen molar-refractivity contribution in [2.45, 2.75) is 6.40 Å². The lowest BCUT2D eigenvalue weighted by Crippen LogP contribution is -2.09. The monoisotopic (exact) mass is 229 g/mol. The predicted molar refractivity (Wildman–Crippen MR) is 73.3 cm³/mol. The molecule has 1 atom stereocenters. The molecule has 0 bridgehead atoms. The van der Waals surface area contributed by atoms with Gasteiger partial charge >= 0.3 is 0 Å². The summed E-state index contributed by atoms with van der Waals surface area (Å²) in [5, 5.41) is 2.28. The molecule has 2 rings (SSSR count). The predicted octanol–water partition coefficient (Wildman–Crippen LogP) is 3.26. The Hall–Kier alpha value is -1.67. The lowest BCUT2D eigenvalue weighted by Gasteiger charge is -2.16. The number of hydrogen-bond acceptors (Lipinski definition) is 2. The van der Waals surface area contributed by atoms with E-state index in [0.717, 1.165) is 22.0 Å². The lowest BCUT2D eigenvalue weighted by atomic mass is 10.0. The van der Waals surface area contributed by atoms with Crippen LogP contribution in [0.25, 0.3) is 10.8 Å². The maximum Gasteiger partial charge on any atom is 0.231 e. The topological polar surface area (TPSA) is 12.5 Å². The maximum absolute atomic E-state index is 8.13. The first-order chi connectivity index (χ1) is 8.65. The van der Waals surface area contributed by atoms with Gasteiger partial charge < -0.3 is 4.90 Å². The van der Waals surface area contributed by atoms with E-state index in [1.54, 1.807) is 13.7 Å². The molecule has 0 saturated carbocycles. The average molecular weight is 229 g/mol. The number of hydrogen-bond donors (Lipinski definition) is 0. The first kappa shape index (κ1) is 10.5. The number of rotatable bonds is 4. The number of anilines is 1. The van der Waals surface area contributed by atoms with Crippen molar-refractivity contribution < 1.29 is 6.11 Å². The van der Waals surface area contributed by atoms with Crippen molar-refractivity contribution >= 4 is 16.5 Å². The number of methoxy groups -OCH3 is 1. The number of ether oxygens (including phenoxy) is 1. The summed E-state index contributed by atoms with van der Waals surface area (Å²) >= 11 is 0. The van der Waals surface area contributed by atoms with Crippen molar-refractivity contribution in [2.75, 3.05) is 26.1 Å². The summed E-state index contributed by atoms with van der Waals surface area (Å²) in [5.74, 6) is 0. The van der Waals surface area contributed by atoms with E-state index in [1.807, 2.05) is 32.3 Å². The van der Waals surface area contributed by atoms with Gasteiger partial charge in [-0.05, 0) is 11.5 Å². The van der Waals surface area contributed by atoms with Crippen LogP contribution in [0, 0.1) is 6.61 Å². The summed E-state index contributed by atoms with van der Waals surface area (Å²) in [7, 11) is 5.62. The van der Waals surface area contributed by atoms with Gasteiger partial charge in [-0.25, -0.2) is 0 Å². The number of nitrogens with zero attached hydrogens (tertiary/aromatic N) is 1. The minimum absolute atomic E-state index is 0.472. The van der Waals surface area contributed by atoms with Crippen molar-refractivity contribution in [3.8, 4) is 0 Å². The molecule has 2 heteroatoms. The molecule has 1 unspecified atom stereocenters. The average Bonchev–Trinajstić information content (AvgIpc) is 2.37. The minimum Gasteiger partial charge on any atom is -0.377 e. The standard InChI is InChI=1S/C15H18NO/c1-16(2)14-9-5-8-12-6-4-7-13(15(12)14)10-11-17-3/h4-9,11H,10H2,1-3H3/q+1/i10D. The Morgan fingerprint density at radius 1 is 1.24 bits per heavy atom. The van der Waals surface area contributed by atoms with Gasteiger partial charge in [0.05, 0.1) is 8.48 Å². The first-order valence-corrected chi connectivity index (χ1v) is 5.62. The molecule has 2 aromatic carbocycles. The van der Waals surface area contributed by atoms with Crippen LogP contribution >= 0.6 is 0 Å². The van der Waals surface area contributed by atoms with E-state index in [0.29, 0.717) is 0 Å². The van der Waals surface area contributed by atoms with Crippen molar-refractivity contribution in [3.63, 3.8) is 0 Å². The Morgan fingerprint density at radius 2 is 1.94 bits per heavy atom. The quantitative estimate of drug-likeness (QED) is 0.746. The normalized spacial score (nSPS) is 13.2. The second kappa shape index (κ2) is 5.11. The SMILES string of the molecule is [2H]C([CH+]OC)c1cccc2cccc(N(C)C)c12. The molecule has 0 radical (unpaired) electrons. The van der Waals surface area contributed by atoms with Crippen LogP contribution < -0.4 is 4.90 Å².